The van der Waals surface area contributed by atoms with Crippen molar-refractivity contribution in [1.29, 1.82) is 0 Å². The normalized spacial score (nSPS) is 21.8. The Kier molecular flexibility index (Phi) is 2.71. The van der Waals surface area contributed by atoms with Crippen LogP contribution in [0.25, 0.3) is 0 Å². The van der Waals surface area contributed by atoms with Gasteiger partial charge in [0.1, 0.15) is 11.9 Å². The molecule has 13 heavy (non-hydrogen) atoms. The van der Waals surface area contributed by atoms with Crippen LogP contribution in [0.15, 0.2) is 24.3 Å². The standard InChI is InChI=1S/C10H12ClNO/c11-8-1-3-9(4-2-8)13-10-5-6-12-7-10/h1-4,10,12H,5-7H2/t10-/m0/s1. The molecule has 1 aliphatic heterocycles. The maximum absolute atomic E-state index is 5.76. The van der Waals surface area contributed by atoms with Gasteiger partial charge in [-0.1, -0.05) is 11.6 Å². The maximum atomic E-state index is 5.76. The maximum Gasteiger partial charge on any atom is 0.119 e. The molecule has 1 fully saturated rings. The van der Waals surface area contributed by atoms with Gasteiger partial charge in [-0.2, -0.15) is 0 Å². The number of nitrogens with one attached hydrogen (secondary N) is 1. The predicted octanol–water partition coefficient (Wildman–Crippen LogP) is 2.08. The van der Waals surface area contributed by atoms with E-state index in [4.69, 9.17) is 16.3 Å². The predicted molar refractivity (Wildman–Crippen MR) is 53.4 cm³/mol. The van der Waals surface area contributed by atoms with E-state index in [1.165, 1.54) is 0 Å². The Bertz CT molecular complexity index is 267. The van der Waals surface area contributed by atoms with Crippen molar-refractivity contribution >= 4 is 11.6 Å². The van der Waals surface area contributed by atoms with Crippen LogP contribution in [0.4, 0.5) is 0 Å². The van der Waals surface area contributed by atoms with Crippen LogP contribution in [0.5, 0.6) is 5.75 Å². The molecule has 0 amide bonds. The van der Waals surface area contributed by atoms with Gasteiger partial charge in [-0.15, -0.1) is 0 Å². The van der Waals surface area contributed by atoms with Crippen LogP contribution in [0.3, 0.4) is 0 Å². The van der Waals surface area contributed by atoms with Gasteiger partial charge in [-0.25, -0.2) is 0 Å². The summed E-state index contributed by atoms with van der Waals surface area (Å²) < 4.78 is 5.71. The van der Waals surface area contributed by atoms with Crippen LogP contribution in [-0.2, 0) is 0 Å². The Morgan fingerprint density at radius 2 is 2.08 bits per heavy atom. The zero-order valence-corrected chi connectivity index (χ0v) is 8.05. The Morgan fingerprint density at radius 1 is 1.31 bits per heavy atom. The van der Waals surface area contributed by atoms with E-state index in [2.05, 4.69) is 5.32 Å². The van der Waals surface area contributed by atoms with Crippen LogP contribution in [-0.4, -0.2) is 19.2 Å². The molecule has 0 aromatic heterocycles. The second-order valence-electron chi connectivity index (χ2n) is 3.19. The molecule has 0 radical (unpaired) electrons. The third-order valence-corrected chi connectivity index (χ3v) is 2.38. The lowest BCUT2D eigenvalue weighted by molar-refractivity contribution is 0.223. The Morgan fingerprint density at radius 3 is 2.69 bits per heavy atom. The van der Waals surface area contributed by atoms with Gasteiger partial charge in [0.05, 0.1) is 0 Å². The van der Waals surface area contributed by atoms with Crippen LogP contribution in [0.2, 0.25) is 5.02 Å². The fraction of sp³-hybridized carbons (Fsp3) is 0.400. The summed E-state index contributed by atoms with van der Waals surface area (Å²) in [5.41, 5.74) is 0. The van der Waals surface area contributed by atoms with Gasteiger partial charge >= 0.3 is 0 Å². The quantitative estimate of drug-likeness (QED) is 0.784. The molecule has 1 heterocycles. The van der Waals surface area contributed by atoms with E-state index >= 15 is 0 Å². The Hall–Kier alpha value is -0.730. The fourth-order valence-electron chi connectivity index (χ4n) is 1.43. The molecule has 70 valence electrons. The summed E-state index contributed by atoms with van der Waals surface area (Å²) in [6.07, 6.45) is 1.41. The van der Waals surface area contributed by atoms with Crippen molar-refractivity contribution < 1.29 is 4.74 Å². The van der Waals surface area contributed by atoms with Gasteiger partial charge in [0.2, 0.25) is 0 Å². The van der Waals surface area contributed by atoms with E-state index in [-0.39, 0.29) is 0 Å². The number of benzene rings is 1. The SMILES string of the molecule is Clc1ccc(O[C@H]2CCNC2)cc1. The molecule has 1 aromatic rings. The molecule has 1 aromatic carbocycles. The molecule has 1 saturated heterocycles. The van der Waals surface area contributed by atoms with Crippen molar-refractivity contribution in [3.8, 4) is 5.75 Å². The summed E-state index contributed by atoms with van der Waals surface area (Å²) in [4.78, 5) is 0. The third-order valence-electron chi connectivity index (χ3n) is 2.13. The van der Waals surface area contributed by atoms with Crippen molar-refractivity contribution in [2.24, 2.45) is 0 Å². The first kappa shape index (κ1) is 8.85. The molecule has 1 atom stereocenters. The van der Waals surface area contributed by atoms with Crippen molar-refractivity contribution in [2.45, 2.75) is 12.5 Å². The van der Waals surface area contributed by atoms with Gasteiger partial charge in [0, 0.05) is 11.6 Å². The molecule has 3 heteroatoms. The van der Waals surface area contributed by atoms with Crippen LogP contribution < -0.4 is 10.1 Å². The monoisotopic (exact) mass is 197 g/mol. The summed E-state index contributed by atoms with van der Waals surface area (Å²) in [5.74, 6) is 0.901. The van der Waals surface area contributed by atoms with Crippen molar-refractivity contribution in [3.63, 3.8) is 0 Å². The molecule has 0 spiro atoms. The van der Waals surface area contributed by atoms with Gasteiger partial charge in [-0.05, 0) is 37.2 Å². The zero-order valence-electron chi connectivity index (χ0n) is 7.29. The number of ether oxygens (including phenoxy) is 1. The Balaban J connectivity index is 1.97. The molecule has 0 bridgehead atoms. The highest BCUT2D eigenvalue weighted by Crippen LogP contribution is 2.18. The lowest BCUT2D eigenvalue weighted by atomic mass is 10.3. The molecule has 0 saturated carbocycles. The minimum absolute atomic E-state index is 0.321. The minimum atomic E-state index is 0.321. The number of hydrogen-bond acceptors (Lipinski definition) is 2. The highest BCUT2D eigenvalue weighted by atomic mass is 35.5. The van der Waals surface area contributed by atoms with E-state index in [0.717, 1.165) is 30.3 Å². The van der Waals surface area contributed by atoms with E-state index < -0.39 is 0 Å². The summed E-state index contributed by atoms with van der Waals surface area (Å²) in [5, 5.41) is 4.00. The second kappa shape index (κ2) is 3.99. The van der Waals surface area contributed by atoms with Gasteiger partial charge in [-0.3, -0.25) is 0 Å². The average molecular weight is 198 g/mol. The topological polar surface area (TPSA) is 21.3 Å². The molecule has 1 aliphatic rings. The third kappa shape index (κ3) is 2.36. The molecule has 0 unspecified atom stereocenters. The lowest BCUT2D eigenvalue weighted by Crippen LogP contribution is -2.19. The van der Waals surface area contributed by atoms with Gasteiger partial charge < -0.3 is 10.1 Å². The van der Waals surface area contributed by atoms with Gasteiger partial charge in [0.25, 0.3) is 0 Å². The highest BCUT2D eigenvalue weighted by Gasteiger charge is 2.15. The molecule has 1 N–H and O–H groups in total. The largest absolute Gasteiger partial charge is 0.489 e. The second-order valence-corrected chi connectivity index (χ2v) is 3.62. The van der Waals surface area contributed by atoms with Crippen molar-refractivity contribution in [3.05, 3.63) is 29.3 Å². The molecule has 0 aliphatic carbocycles. The summed E-state index contributed by atoms with van der Waals surface area (Å²) >= 11 is 5.76. The van der Waals surface area contributed by atoms with E-state index in [0.29, 0.717) is 6.10 Å². The van der Waals surface area contributed by atoms with Crippen molar-refractivity contribution in [1.82, 2.24) is 5.32 Å². The molecule has 2 rings (SSSR count). The zero-order chi connectivity index (χ0) is 9.10. The van der Waals surface area contributed by atoms with Crippen LogP contribution in [0.1, 0.15) is 6.42 Å². The van der Waals surface area contributed by atoms with Crippen molar-refractivity contribution in [2.75, 3.05) is 13.1 Å². The molecule has 2 nitrogen and oxygen atoms in total. The average Bonchev–Trinajstić information content (AvgIpc) is 2.62. The highest BCUT2D eigenvalue weighted by molar-refractivity contribution is 6.30. The van der Waals surface area contributed by atoms with Gasteiger partial charge in [0.15, 0.2) is 0 Å². The lowest BCUT2D eigenvalue weighted by Gasteiger charge is -2.11. The molecular formula is C10H12ClNO. The summed E-state index contributed by atoms with van der Waals surface area (Å²) in [7, 11) is 0. The first-order valence-corrected chi connectivity index (χ1v) is 4.85. The Labute approximate surface area is 82.9 Å². The van der Waals surface area contributed by atoms with Crippen LogP contribution >= 0.6 is 11.6 Å². The minimum Gasteiger partial charge on any atom is -0.489 e. The first-order valence-electron chi connectivity index (χ1n) is 4.47. The smallest absolute Gasteiger partial charge is 0.119 e. The van der Waals surface area contributed by atoms with E-state index in [9.17, 15) is 0 Å². The first-order chi connectivity index (χ1) is 6.34. The number of rotatable bonds is 2. The van der Waals surface area contributed by atoms with E-state index in [1.54, 1.807) is 0 Å². The number of hydrogen-bond donors (Lipinski definition) is 1. The molecular weight excluding hydrogens is 186 g/mol. The van der Waals surface area contributed by atoms with E-state index in [1.807, 2.05) is 24.3 Å². The fourth-order valence-corrected chi connectivity index (χ4v) is 1.56. The summed E-state index contributed by atoms with van der Waals surface area (Å²) in [6, 6.07) is 7.50. The van der Waals surface area contributed by atoms with Crippen LogP contribution in [0, 0.1) is 0 Å². The number of halogens is 1. The summed E-state index contributed by atoms with van der Waals surface area (Å²) in [6.45, 7) is 2.00.